The first-order chi connectivity index (χ1) is 14.3. The quantitative estimate of drug-likeness (QED) is 0.565. The monoisotopic (exact) mass is 403 g/mol. The fraction of sp³-hybridized carbons (Fsp3) is 0.227. The number of hydrogen-bond acceptors (Lipinski definition) is 5. The number of rotatable bonds is 4. The van der Waals surface area contributed by atoms with Crippen LogP contribution in [-0.4, -0.2) is 57.1 Å². The lowest BCUT2D eigenvalue weighted by Gasteiger charge is -2.34. The highest BCUT2D eigenvalue weighted by Crippen LogP contribution is 2.24. The molecule has 0 atom stereocenters. The third kappa shape index (κ3) is 3.66. The standard InChI is InChI=1S/C22H21N5OS/c28-22(20-18-8-4-5-9-19(18)24-25-20)27-12-10-26(11-13-27)14-17-15-29-21(23-17)16-6-2-1-3-7-16/h1-9,15H,10-14H2,(H,24,25). The number of aromatic nitrogens is 3. The number of hydrogen-bond donors (Lipinski definition) is 1. The van der Waals surface area contributed by atoms with E-state index in [9.17, 15) is 4.79 Å². The van der Waals surface area contributed by atoms with Crippen molar-refractivity contribution in [2.45, 2.75) is 6.54 Å². The number of nitrogens with one attached hydrogen (secondary N) is 1. The average Bonchev–Trinajstić information content (AvgIpc) is 3.42. The van der Waals surface area contributed by atoms with Crippen LogP contribution in [0.5, 0.6) is 0 Å². The summed E-state index contributed by atoms with van der Waals surface area (Å²) in [6.45, 7) is 3.90. The Morgan fingerprint density at radius 3 is 2.59 bits per heavy atom. The van der Waals surface area contributed by atoms with Crippen molar-refractivity contribution >= 4 is 28.1 Å². The van der Waals surface area contributed by atoms with E-state index in [4.69, 9.17) is 4.98 Å². The normalized spacial score (nSPS) is 15.1. The minimum Gasteiger partial charge on any atom is -0.335 e. The van der Waals surface area contributed by atoms with Crippen LogP contribution >= 0.6 is 11.3 Å². The van der Waals surface area contributed by atoms with Crippen molar-refractivity contribution in [2.75, 3.05) is 26.2 Å². The second-order valence-corrected chi connectivity index (χ2v) is 8.05. The zero-order chi connectivity index (χ0) is 19.6. The van der Waals surface area contributed by atoms with Gasteiger partial charge in [-0.15, -0.1) is 11.3 Å². The highest BCUT2D eigenvalue weighted by molar-refractivity contribution is 7.13. The first kappa shape index (κ1) is 18.0. The largest absolute Gasteiger partial charge is 0.335 e. The number of H-pyrrole nitrogens is 1. The van der Waals surface area contributed by atoms with Crippen LogP contribution in [0.1, 0.15) is 16.2 Å². The van der Waals surface area contributed by atoms with Crippen LogP contribution < -0.4 is 0 Å². The lowest BCUT2D eigenvalue weighted by atomic mass is 10.2. The lowest BCUT2D eigenvalue weighted by Crippen LogP contribution is -2.48. The Labute approximate surface area is 172 Å². The fourth-order valence-electron chi connectivity index (χ4n) is 3.71. The number of carbonyl (C=O) groups is 1. The molecule has 2 aromatic heterocycles. The molecule has 1 aliphatic rings. The SMILES string of the molecule is O=C(c1n[nH]c2ccccc12)N1CCN(Cc2csc(-c3ccccc3)n2)CC1. The van der Waals surface area contributed by atoms with Gasteiger partial charge in [0.25, 0.3) is 5.91 Å². The van der Waals surface area contributed by atoms with E-state index in [1.807, 2.05) is 47.4 Å². The number of aromatic amines is 1. The molecule has 146 valence electrons. The van der Waals surface area contributed by atoms with Crippen molar-refractivity contribution in [1.29, 1.82) is 0 Å². The van der Waals surface area contributed by atoms with E-state index in [2.05, 4.69) is 32.6 Å². The zero-order valence-corrected chi connectivity index (χ0v) is 16.7. The summed E-state index contributed by atoms with van der Waals surface area (Å²) in [5.74, 6) is 0.00196. The van der Waals surface area contributed by atoms with Gasteiger partial charge < -0.3 is 4.90 Å². The Hall–Kier alpha value is -3.03. The van der Waals surface area contributed by atoms with Gasteiger partial charge in [-0.2, -0.15) is 5.10 Å². The molecule has 0 saturated carbocycles. The average molecular weight is 404 g/mol. The van der Waals surface area contributed by atoms with E-state index in [0.29, 0.717) is 18.8 Å². The van der Waals surface area contributed by atoms with Crippen LogP contribution in [0, 0.1) is 0 Å². The second-order valence-electron chi connectivity index (χ2n) is 7.20. The summed E-state index contributed by atoms with van der Waals surface area (Å²) in [6.07, 6.45) is 0. The fourth-order valence-corrected chi connectivity index (χ4v) is 4.52. The number of nitrogens with zero attached hydrogens (tertiary/aromatic N) is 4. The van der Waals surface area contributed by atoms with E-state index < -0.39 is 0 Å². The smallest absolute Gasteiger partial charge is 0.275 e. The molecule has 3 heterocycles. The van der Waals surface area contributed by atoms with E-state index in [1.165, 1.54) is 0 Å². The van der Waals surface area contributed by atoms with E-state index in [-0.39, 0.29) is 5.91 Å². The van der Waals surface area contributed by atoms with Gasteiger partial charge in [0.1, 0.15) is 5.01 Å². The topological polar surface area (TPSA) is 65.1 Å². The van der Waals surface area contributed by atoms with Gasteiger partial charge in [0.2, 0.25) is 0 Å². The van der Waals surface area contributed by atoms with Crippen molar-refractivity contribution < 1.29 is 4.79 Å². The maximum atomic E-state index is 12.9. The van der Waals surface area contributed by atoms with E-state index >= 15 is 0 Å². The van der Waals surface area contributed by atoms with Gasteiger partial charge in [0.15, 0.2) is 5.69 Å². The van der Waals surface area contributed by atoms with Crippen LogP contribution in [0.2, 0.25) is 0 Å². The van der Waals surface area contributed by atoms with Gasteiger partial charge >= 0.3 is 0 Å². The number of amides is 1. The van der Waals surface area contributed by atoms with Crippen LogP contribution in [0.4, 0.5) is 0 Å². The van der Waals surface area contributed by atoms with Crippen molar-refractivity contribution in [3.8, 4) is 10.6 Å². The van der Waals surface area contributed by atoms with Crippen molar-refractivity contribution in [2.24, 2.45) is 0 Å². The molecule has 1 fully saturated rings. The van der Waals surface area contributed by atoms with Gasteiger partial charge in [-0.25, -0.2) is 4.98 Å². The summed E-state index contributed by atoms with van der Waals surface area (Å²) < 4.78 is 0. The summed E-state index contributed by atoms with van der Waals surface area (Å²) in [5, 5.41) is 11.3. The molecule has 0 unspecified atom stereocenters. The molecular formula is C22H21N5OS. The van der Waals surface area contributed by atoms with Crippen molar-refractivity contribution in [1.82, 2.24) is 25.0 Å². The Kier molecular flexibility index (Phi) is 4.83. The number of piperazine rings is 1. The summed E-state index contributed by atoms with van der Waals surface area (Å²) in [5.41, 5.74) is 3.66. The molecule has 29 heavy (non-hydrogen) atoms. The van der Waals surface area contributed by atoms with Crippen LogP contribution in [0.15, 0.2) is 60.0 Å². The minimum atomic E-state index is 0.00196. The Balaban J connectivity index is 1.21. The molecule has 5 rings (SSSR count). The predicted molar refractivity (Wildman–Crippen MR) is 115 cm³/mol. The highest BCUT2D eigenvalue weighted by Gasteiger charge is 2.25. The van der Waals surface area contributed by atoms with E-state index in [0.717, 1.165) is 46.8 Å². The summed E-state index contributed by atoms with van der Waals surface area (Å²) in [4.78, 5) is 22.0. The van der Waals surface area contributed by atoms with E-state index in [1.54, 1.807) is 11.3 Å². The number of para-hydroxylation sites is 1. The molecule has 6 nitrogen and oxygen atoms in total. The molecule has 1 amide bonds. The molecule has 0 radical (unpaired) electrons. The van der Waals surface area contributed by atoms with Gasteiger partial charge in [0.05, 0.1) is 11.2 Å². The molecule has 1 N–H and O–H groups in total. The Morgan fingerprint density at radius 1 is 1.00 bits per heavy atom. The number of fused-ring (bicyclic) bond motifs is 1. The molecule has 1 aliphatic heterocycles. The molecule has 7 heteroatoms. The molecule has 4 aromatic rings. The number of thiazole rings is 1. The third-order valence-electron chi connectivity index (χ3n) is 5.29. The highest BCUT2D eigenvalue weighted by atomic mass is 32.1. The van der Waals surface area contributed by atoms with Gasteiger partial charge in [-0.1, -0.05) is 48.5 Å². The minimum absolute atomic E-state index is 0.00196. The number of carbonyl (C=O) groups excluding carboxylic acids is 1. The third-order valence-corrected chi connectivity index (χ3v) is 6.23. The molecule has 1 saturated heterocycles. The van der Waals surface area contributed by atoms with Gasteiger partial charge in [-0.3, -0.25) is 14.8 Å². The molecule has 2 aromatic carbocycles. The van der Waals surface area contributed by atoms with Crippen molar-refractivity contribution in [3.63, 3.8) is 0 Å². The molecular weight excluding hydrogens is 382 g/mol. The van der Waals surface area contributed by atoms with Crippen molar-refractivity contribution in [3.05, 3.63) is 71.4 Å². The predicted octanol–water partition coefficient (Wildman–Crippen LogP) is 3.64. The van der Waals surface area contributed by atoms with Gasteiger partial charge in [0, 0.05) is 49.1 Å². The lowest BCUT2D eigenvalue weighted by molar-refractivity contribution is 0.0623. The second kappa shape index (κ2) is 7.77. The van der Waals surface area contributed by atoms with Crippen LogP contribution in [0.3, 0.4) is 0 Å². The molecule has 0 aliphatic carbocycles. The Morgan fingerprint density at radius 2 is 1.76 bits per heavy atom. The number of benzene rings is 2. The Bertz CT molecular complexity index is 1130. The molecule has 0 bridgehead atoms. The maximum Gasteiger partial charge on any atom is 0.275 e. The maximum absolute atomic E-state index is 12.9. The van der Waals surface area contributed by atoms with Crippen LogP contribution in [-0.2, 0) is 6.54 Å². The summed E-state index contributed by atoms with van der Waals surface area (Å²) in [6, 6.07) is 18.0. The molecule has 0 spiro atoms. The zero-order valence-electron chi connectivity index (χ0n) is 15.9. The van der Waals surface area contributed by atoms with Gasteiger partial charge in [-0.05, 0) is 6.07 Å². The first-order valence-electron chi connectivity index (χ1n) is 9.72. The summed E-state index contributed by atoms with van der Waals surface area (Å²) in [7, 11) is 0. The van der Waals surface area contributed by atoms with Crippen LogP contribution in [0.25, 0.3) is 21.5 Å². The first-order valence-corrected chi connectivity index (χ1v) is 10.6. The summed E-state index contributed by atoms with van der Waals surface area (Å²) >= 11 is 1.68.